The van der Waals surface area contributed by atoms with Crippen LogP contribution in [0.15, 0.2) is 53.7 Å². The summed E-state index contributed by atoms with van der Waals surface area (Å²) in [5.41, 5.74) is 0.957. The lowest BCUT2D eigenvalue weighted by molar-refractivity contribution is -0.131. The van der Waals surface area contributed by atoms with Crippen molar-refractivity contribution in [2.75, 3.05) is 12.0 Å². The molecular formula is C18H16N4O4. The number of carbonyl (C=O) groups excluding carboxylic acids is 3. The first-order valence-electron chi connectivity index (χ1n) is 7.83. The molecule has 3 rings (SSSR count). The van der Waals surface area contributed by atoms with Crippen molar-refractivity contribution in [2.24, 2.45) is 10.9 Å². The molecule has 26 heavy (non-hydrogen) atoms. The Morgan fingerprint density at radius 2 is 1.96 bits per heavy atom. The maximum atomic E-state index is 12.7. The number of pyridine rings is 1. The molecule has 1 atom stereocenters. The molecule has 8 nitrogen and oxygen atoms in total. The molecule has 8 heteroatoms. The van der Waals surface area contributed by atoms with Crippen molar-refractivity contribution >= 4 is 29.7 Å². The molecular weight excluding hydrogens is 336 g/mol. The third kappa shape index (κ3) is 3.44. The van der Waals surface area contributed by atoms with Crippen LogP contribution in [0.1, 0.15) is 5.69 Å². The highest BCUT2D eigenvalue weighted by Crippen LogP contribution is 2.30. The highest BCUT2D eigenvalue weighted by atomic mass is 16.5. The summed E-state index contributed by atoms with van der Waals surface area (Å²) in [6.45, 7) is 0.223. The third-order valence-corrected chi connectivity index (χ3v) is 3.76. The highest BCUT2D eigenvalue weighted by molar-refractivity contribution is 6.32. The summed E-state index contributed by atoms with van der Waals surface area (Å²) < 4.78 is 5.20. The second-order valence-corrected chi connectivity index (χ2v) is 5.43. The number of methoxy groups -OCH3 is 1. The summed E-state index contributed by atoms with van der Waals surface area (Å²) >= 11 is 0. The van der Waals surface area contributed by atoms with E-state index in [0.717, 1.165) is 4.90 Å². The van der Waals surface area contributed by atoms with Crippen LogP contribution in [0.3, 0.4) is 0 Å². The van der Waals surface area contributed by atoms with E-state index in [2.05, 4.69) is 15.3 Å². The molecule has 1 N–H and O–H groups in total. The smallest absolute Gasteiger partial charge is 0.335 e. The fraction of sp³-hybridized carbons (Fsp3) is 0.167. The average Bonchev–Trinajstić information content (AvgIpc) is 2.65. The number of imide groups is 2. The van der Waals surface area contributed by atoms with Gasteiger partial charge in [0.25, 0.3) is 5.91 Å². The zero-order chi connectivity index (χ0) is 18.5. The monoisotopic (exact) mass is 352 g/mol. The topological polar surface area (TPSA) is 101 Å². The normalized spacial score (nSPS) is 17.5. The van der Waals surface area contributed by atoms with E-state index < -0.39 is 23.8 Å². The van der Waals surface area contributed by atoms with Gasteiger partial charge in [-0.25, -0.2) is 9.69 Å². The van der Waals surface area contributed by atoms with Crippen molar-refractivity contribution in [1.29, 1.82) is 0 Å². The van der Waals surface area contributed by atoms with Gasteiger partial charge in [0.15, 0.2) is 5.92 Å². The zero-order valence-corrected chi connectivity index (χ0v) is 14.0. The van der Waals surface area contributed by atoms with E-state index in [9.17, 15) is 14.4 Å². The molecule has 1 aliphatic heterocycles. The summed E-state index contributed by atoms with van der Waals surface area (Å²) in [6.07, 6.45) is 2.87. The number of ether oxygens (including phenoxy) is 1. The molecule has 4 amide bonds. The molecule has 1 aromatic carbocycles. The molecule has 0 aliphatic carbocycles. The Hall–Kier alpha value is -3.55. The van der Waals surface area contributed by atoms with Crippen LogP contribution >= 0.6 is 0 Å². The zero-order valence-electron chi connectivity index (χ0n) is 14.0. The second-order valence-electron chi connectivity index (χ2n) is 5.43. The van der Waals surface area contributed by atoms with Crippen LogP contribution in [0.25, 0.3) is 0 Å². The summed E-state index contributed by atoms with van der Waals surface area (Å²) in [5.74, 6) is -2.26. The number of urea groups is 1. The van der Waals surface area contributed by atoms with Crippen molar-refractivity contribution < 1.29 is 19.1 Å². The first-order chi connectivity index (χ1) is 12.6. The van der Waals surface area contributed by atoms with Gasteiger partial charge >= 0.3 is 6.03 Å². The molecule has 0 spiro atoms. The van der Waals surface area contributed by atoms with E-state index in [0.29, 0.717) is 11.4 Å². The van der Waals surface area contributed by atoms with Crippen molar-refractivity contribution in [3.63, 3.8) is 0 Å². The van der Waals surface area contributed by atoms with Crippen molar-refractivity contribution in [3.8, 4) is 5.75 Å². The van der Waals surface area contributed by atoms with Crippen LogP contribution in [-0.2, 0) is 16.1 Å². The number of carbonyl (C=O) groups is 3. The summed E-state index contributed by atoms with van der Waals surface area (Å²) in [4.78, 5) is 46.1. The molecule has 132 valence electrons. The second kappa shape index (κ2) is 7.56. The maximum Gasteiger partial charge on any atom is 0.335 e. The number of hydrogen-bond donors (Lipinski definition) is 1. The van der Waals surface area contributed by atoms with Gasteiger partial charge in [-0.3, -0.25) is 24.9 Å². The maximum absolute atomic E-state index is 12.7. The predicted octanol–water partition coefficient (Wildman–Crippen LogP) is 1.56. The lowest BCUT2D eigenvalue weighted by Crippen LogP contribution is -2.58. The summed E-state index contributed by atoms with van der Waals surface area (Å²) in [5, 5.41) is 2.17. The lowest BCUT2D eigenvalue weighted by Gasteiger charge is -2.29. The number of hydrogen-bond acceptors (Lipinski definition) is 6. The number of rotatable bonds is 5. The number of nitrogens with zero attached hydrogens (tertiary/aromatic N) is 3. The van der Waals surface area contributed by atoms with Crippen molar-refractivity contribution in [3.05, 3.63) is 54.4 Å². The fourth-order valence-electron chi connectivity index (χ4n) is 2.51. The van der Waals surface area contributed by atoms with Crippen molar-refractivity contribution in [1.82, 2.24) is 10.3 Å². The number of amides is 4. The minimum Gasteiger partial charge on any atom is -0.495 e. The van der Waals surface area contributed by atoms with E-state index in [1.54, 1.807) is 42.6 Å². The summed E-state index contributed by atoms with van der Waals surface area (Å²) in [6, 6.07) is 11.1. The van der Waals surface area contributed by atoms with E-state index in [1.807, 2.05) is 6.07 Å². The van der Waals surface area contributed by atoms with Gasteiger partial charge in [0, 0.05) is 12.4 Å². The molecule has 1 aliphatic rings. The molecule has 1 saturated heterocycles. The van der Waals surface area contributed by atoms with E-state index >= 15 is 0 Å². The number of aromatic nitrogens is 1. The predicted molar refractivity (Wildman–Crippen MR) is 93.9 cm³/mol. The minimum atomic E-state index is -1.21. The van der Waals surface area contributed by atoms with Crippen molar-refractivity contribution in [2.45, 2.75) is 6.54 Å². The lowest BCUT2D eigenvalue weighted by atomic mass is 10.1. The van der Waals surface area contributed by atoms with E-state index in [-0.39, 0.29) is 12.2 Å². The largest absolute Gasteiger partial charge is 0.495 e. The molecule has 2 aromatic rings. The number of para-hydroxylation sites is 2. The Kier molecular flexibility index (Phi) is 5.02. The quantitative estimate of drug-likeness (QED) is 0.650. The summed E-state index contributed by atoms with van der Waals surface area (Å²) in [7, 11) is 1.43. The van der Waals surface area contributed by atoms with Gasteiger partial charge in [0.05, 0.1) is 25.0 Å². The van der Waals surface area contributed by atoms with Crippen LogP contribution in [-0.4, -0.2) is 36.2 Å². The van der Waals surface area contributed by atoms with E-state index in [4.69, 9.17) is 4.74 Å². The molecule has 1 aromatic heterocycles. The molecule has 0 bridgehead atoms. The molecule has 0 radical (unpaired) electrons. The Balaban J connectivity index is 1.84. The fourth-order valence-corrected chi connectivity index (χ4v) is 2.51. The number of anilines is 1. The van der Waals surface area contributed by atoms with E-state index in [1.165, 1.54) is 13.3 Å². The molecule has 1 fully saturated rings. The first kappa shape index (κ1) is 17.3. The highest BCUT2D eigenvalue weighted by Gasteiger charge is 2.41. The Bertz CT molecular complexity index is 867. The van der Waals surface area contributed by atoms with Crippen LogP contribution < -0.4 is 15.0 Å². The van der Waals surface area contributed by atoms with Gasteiger partial charge in [-0.1, -0.05) is 18.2 Å². The molecule has 0 saturated carbocycles. The number of benzene rings is 1. The number of barbiturate groups is 1. The van der Waals surface area contributed by atoms with Gasteiger partial charge in [-0.2, -0.15) is 0 Å². The van der Waals surface area contributed by atoms with Gasteiger partial charge in [0.1, 0.15) is 5.75 Å². The SMILES string of the molecule is COc1ccccc1N1C(=O)NC(=O)[C@H](C=NCc2ccccn2)C1=O. The van der Waals surface area contributed by atoms with Gasteiger partial charge in [-0.15, -0.1) is 0 Å². The molecule has 0 unspecified atom stereocenters. The standard InChI is InChI=1S/C18H16N4O4/c1-26-15-8-3-2-7-14(15)22-17(24)13(16(23)21-18(22)25)11-19-10-12-6-4-5-9-20-12/h2-9,11,13H,10H2,1H3,(H,21,23,25)/t13-/m0/s1. The minimum absolute atomic E-state index is 0.223. The van der Waals surface area contributed by atoms with Crippen LogP contribution in [0.5, 0.6) is 5.75 Å². The first-order valence-corrected chi connectivity index (χ1v) is 7.83. The molecule has 2 heterocycles. The van der Waals surface area contributed by atoms with Crippen LogP contribution in [0.2, 0.25) is 0 Å². The van der Waals surface area contributed by atoms with Crippen LogP contribution in [0.4, 0.5) is 10.5 Å². The van der Waals surface area contributed by atoms with Crippen LogP contribution in [0, 0.1) is 5.92 Å². The average molecular weight is 352 g/mol. The Morgan fingerprint density at radius 3 is 2.69 bits per heavy atom. The van der Waals surface area contributed by atoms with Gasteiger partial charge in [-0.05, 0) is 24.3 Å². The third-order valence-electron chi connectivity index (χ3n) is 3.76. The van der Waals surface area contributed by atoms with Gasteiger partial charge < -0.3 is 4.74 Å². The Morgan fingerprint density at radius 1 is 1.19 bits per heavy atom. The van der Waals surface area contributed by atoms with Gasteiger partial charge in [0.2, 0.25) is 5.91 Å². The Labute approximate surface area is 149 Å². The number of aliphatic imine (C=N–C) groups is 1. The number of nitrogens with one attached hydrogen (secondary N) is 1.